The molecule has 1 aromatic rings. The molecule has 1 aromatic carbocycles. The Morgan fingerprint density at radius 1 is 0.917 bits per heavy atom. The molecule has 0 aromatic heterocycles. The number of unbranched alkanes of at least 4 members (excludes halogenated alkanes) is 4. The maximum Gasteiger partial charge on any atom is 0.289 e. The van der Waals surface area contributed by atoms with Crippen LogP contribution in [0.25, 0.3) is 0 Å². The summed E-state index contributed by atoms with van der Waals surface area (Å²) in [6, 6.07) is 9.72. The fraction of sp³-hybridized carbons (Fsp3) is 0.526. The monoisotopic (exact) mass is 332 g/mol. The number of nitrogens with one attached hydrogen (secondary N) is 2. The van der Waals surface area contributed by atoms with Crippen LogP contribution in [0.4, 0.5) is 0 Å². The first-order valence-electron chi connectivity index (χ1n) is 8.75. The maximum absolute atomic E-state index is 11.7. The molecule has 2 amide bonds. The molecule has 24 heavy (non-hydrogen) atoms. The average Bonchev–Trinajstić information content (AvgIpc) is 2.60. The molecular formula is C19H28N2O3. The van der Waals surface area contributed by atoms with Gasteiger partial charge >= 0.3 is 0 Å². The van der Waals surface area contributed by atoms with Gasteiger partial charge in [-0.15, -0.1) is 0 Å². The minimum atomic E-state index is -0.644. The molecule has 132 valence electrons. The molecule has 0 spiro atoms. The van der Waals surface area contributed by atoms with Gasteiger partial charge in [0.25, 0.3) is 5.91 Å². The molecule has 0 unspecified atom stereocenters. The molecule has 0 fully saturated rings. The molecule has 2 N–H and O–H groups in total. The largest absolute Gasteiger partial charge is 0.349 e. The highest BCUT2D eigenvalue weighted by atomic mass is 16.2. The highest BCUT2D eigenvalue weighted by Gasteiger charge is 2.13. The number of carbonyl (C=O) groups is 3. The number of hydrogen-bond donors (Lipinski definition) is 2. The summed E-state index contributed by atoms with van der Waals surface area (Å²) in [4.78, 5) is 35.0. The first-order chi connectivity index (χ1) is 11.6. The van der Waals surface area contributed by atoms with Crippen LogP contribution in [0.3, 0.4) is 0 Å². The van der Waals surface area contributed by atoms with Crippen LogP contribution in [0.2, 0.25) is 0 Å². The van der Waals surface area contributed by atoms with E-state index >= 15 is 0 Å². The van der Waals surface area contributed by atoms with E-state index in [-0.39, 0.29) is 12.5 Å². The summed E-state index contributed by atoms with van der Waals surface area (Å²) in [5, 5.41) is 5.09. The number of amides is 2. The van der Waals surface area contributed by atoms with Crippen molar-refractivity contribution in [2.45, 2.75) is 51.9 Å². The summed E-state index contributed by atoms with van der Waals surface area (Å²) in [6.07, 6.45) is 6.41. The number of hydrogen-bond acceptors (Lipinski definition) is 3. The third-order valence-electron chi connectivity index (χ3n) is 3.75. The van der Waals surface area contributed by atoms with E-state index < -0.39 is 11.7 Å². The number of ketones is 1. The van der Waals surface area contributed by atoms with Crippen LogP contribution in [-0.2, 0) is 20.8 Å². The summed E-state index contributed by atoms with van der Waals surface area (Å²) in [5.41, 5.74) is 1.10. The van der Waals surface area contributed by atoms with E-state index in [0.29, 0.717) is 19.4 Å². The van der Waals surface area contributed by atoms with Crippen LogP contribution >= 0.6 is 0 Å². The van der Waals surface area contributed by atoms with Crippen LogP contribution in [0.5, 0.6) is 0 Å². The molecule has 0 atom stereocenters. The highest BCUT2D eigenvalue weighted by molar-refractivity contribution is 6.37. The fourth-order valence-corrected chi connectivity index (χ4v) is 2.30. The van der Waals surface area contributed by atoms with Crippen LogP contribution in [0, 0.1) is 0 Å². The van der Waals surface area contributed by atoms with Crippen molar-refractivity contribution in [3.05, 3.63) is 35.9 Å². The van der Waals surface area contributed by atoms with Gasteiger partial charge in [-0.25, -0.2) is 0 Å². The lowest BCUT2D eigenvalue weighted by Crippen LogP contribution is -2.39. The van der Waals surface area contributed by atoms with E-state index in [4.69, 9.17) is 0 Å². The number of Topliss-reactive ketones (excluding diaryl/α,β-unsaturated/α-hetero) is 1. The molecule has 1 rings (SSSR count). The lowest BCUT2D eigenvalue weighted by atomic mass is 10.1. The second-order valence-electron chi connectivity index (χ2n) is 5.86. The SMILES string of the molecule is CCCCCCCC(=O)NCC(=O)C(=O)NCCc1ccccc1. The third-order valence-corrected chi connectivity index (χ3v) is 3.75. The Balaban J connectivity index is 2.10. The van der Waals surface area contributed by atoms with Crippen molar-refractivity contribution in [1.29, 1.82) is 0 Å². The molecule has 5 nitrogen and oxygen atoms in total. The molecule has 0 heterocycles. The first kappa shape index (κ1) is 19.9. The number of carbonyl (C=O) groups excluding carboxylic acids is 3. The molecule has 0 saturated heterocycles. The van der Waals surface area contributed by atoms with E-state index in [2.05, 4.69) is 17.6 Å². The second kappa shape index (κ2) is 12.3. The minimum absolute atomic E-state index is 0.170. The lowest BCUT2D eigenvalue weighted by molar-refractivity contribution is -0.138. The van der Waals surface area contributed by atoms with E-state index in [9.17, 15) is 14.4 Å². The van der Waals surface area contributed by atoms with Crippen LogP contribution in [0.15, 0.2) is 30.3 Å². The third kappa shape index (κ3) is 9.08. The average molecular weight is 332 g/mol. The van der Waals surface area contributed by atoms with Gasteiger partial charge in [0.05, 0.1) is 6.54 Å². The molecular weight excluding hydrogens is 304 g/mol. The summed E-state index contributed by atoms with van der Waals surface area (Å²) in [7, 11) is 0. The number of rotatable bonds is 12. The molecule has 0 saturated carbocycles. The predicted octanol–water partition coefficient (Wildman–Crippen LogP) is 2.39. The van der Waals surface area contributed by atoms with Crippen LogP contribution in [-0.4, -0.2) is 30.7 Å². The summed E-state index contributed by atoms with van der Waals surface area (Å²) in [5.74, 6) is -1.42. The molecule has 0 aliphatic carbocycles. The molecule has 0 aliphatic rings. The highest BCUT2D eigenvalue weighted by Crippen LogP contribution is 2.04. The summed E-state index contributed by atoms with van der Waals surface area (Å²) < 4.78 is 0. The van der Waals surface area contributed by atoms with Gasteiger partial charge in [0.2, 0.25) is 11.7 Å². The standard InChI is InChI=1S/C19H28N2O3/c1-2-3-4-5-9-12-18(23)21-15-17(22)19(24)20-14-13-16-10-7-6-8-11-16/h6-8,10-11H,2-5,9,12-15H2,1H3,(H,20,24)(H,21,23). The van der Waals surface area contributed by atoms with Gasteiger partial charge in [-0.2, -0.15) is 0 Å². The van der Waals surface area contributed by atoms with Crippen molar-refractivity contribution in [1.82, 2.24) is 10.6 Å². The Labute approximate surface area is 144 Å². The first-order valence-corrected chi connectivity index (χ1v) is 8.75. The summed E-state index contributed by atoms with van der Waals surface area (Å²) in [6.45, 7) is 2.31. The normalized spacial score (nSPS) is 10.2. The van der Waals surface area contributed by atoms with Crippen molar-refractivity contribution in [3.8, 4) is 0 Å². The lowest BCUT2D eigenvalue weighted by Gasteiger charge is -2.06. The number of benzene rings is 1. The van der Waals surface area contributed by atoms with E-state index in [1.165, 1.54) is 12.8 Å². The molecule has 5 heteroatoms. The Morgan fingerprint density at radius 3 is 2.33 bits per heavy atom. The van der Waals surface area contributed by atoms with Gasteiger partial charge in [-0.3, -0.25) is 14.4 Å². The Bertz CT molecular complexity index is 515. The van der Waals surface area contributed by atoms with Gasteiger partial charge < -0.3 is 10.6 Å². The second-order valence-corrected chi connectivity index (χ2v) is 5.86. The Kier molecular flexibility index (Phi) is 10.2. The predicted molar refractivity (Wildman–Crippen MR) is 94.5 cm³/mol. The fourth-order valence-electron chi connectivity index (χ4n) is 2.30. The van der Waals surface area contributed by atoms with Gasteiger partial charge in [-0.1, -0.05) is 62.9 Å². The minimum Gasteiger partial charge on any atom is -0.349 e. The van der Waals surface area contributed by atoms with Crippen LogP contribution < -0.4 is 10.6 Å². The summed E-state index contributed by atoms with van der Waals surface area (Å²) >= 11 is 0. The van der Waals surface area contributed by atoms with Crippen molar-refractivity contribution >= 4 is 17.6 Å². The van der Waals surface area contributed by atoms with Crippen molar-refractivity contribution < 1.29 is 14.4 Å². The van der Waals surface area contributed by atoms with Crippen molar-refractivity contribution in [3.63, 3.8) is 0 Å². The smallest absolute Gasteiger partial charge is 0.289 e. The van der Waals surface area contributed by atoms with E-state index in [1.54, 1.807) is 0 Å². The molecule has 0 radical (unpaired) electrons. The van der Waals surface area contributed by atoms with Gasteiger partial charge in [-0.05, 0) is 18.4 Å². The van der Waals surface area contributed by atoms with Gasteiger partial charge in [0.15, 0.2) is 0 Å². The zero-order valence-corrected chi connectivity index (χ0v) is 14.5. The zero-order valence-electron chi connectivity index (χ0n) is 14.5. The molecule has 0 aliphatic heterocycles. The maximum atomic E-state index is 11.7. The van der Waals surface area contributed by atoms with Crippen molar-refractivity contribution in [2.24, 2.45) is 0 Å². The Morgan fingerprint density at radius 2 is 1.62 bits per heavy atom. The Hall–Kier alpha value is -2.17. The van der Waals surface area contributed by atoms with Gasteiger partial charge in [0, 0.05) is 13.0 Å². The molecule has 0 bridgehead atoms. The van der Waals surface area contributed by atoms with Crippen molar-refractivity contribution in [2.75, 3.05) is 13.1 Å². The van der Waals surface area contributed by atoms with E-state index in [0.717, 1.165) is 24.8 Å². The van der Waals surface area contributed by atoms with E-state index in [1.807, 2.05) is 30.3 Å². The zero-order chi connectivity index (χ0) is 17.6. The van der Waals surface area contributed by atoms with Gasteiger partial charge in [0.1, 0.15) is 0 Å². The topological polar surface area (TPSA) is 75.3 Å². The quantitative estimate of drug-likeness (QED) is 0.456. The van der Waals surface area contributed by atoms with Crippen LogP contribution in [0.1, 0.15) is 51.0 Å².